The number of thiophene rings is 1. The van der Waals surface area contributed by atoms with Crippen LogP contribution in [-0.2, 0) is 5.41 Å². The molecule has 0 spiro atoms. The predicted molar refractivity (Wildman–Crippen MR) is 220 cm³/mol. The van der Waals surface area contributed by atoms with E-state index in [1.54, 1.807) is 0 Å². The van der Waals surface area contributed by atoms with Gasteiger partial charge in [0.1, 0.15) is 0 Å². The molecule has 9 aromatic rings. The highest BCUT2D eigenvalue weighted by Gasteiger charge is 2.36. The molecule has 1 nitrogen and oxygen atoms in total. The number of fused-ring (bicyclic) bond motifs is 7. The Morgan fingerprint density at radius 1 is 0.431 bits per heavy atom. The molecule has 1 aromatic heterocycles. The molecule has 0 unspecified atom stereocenters. The van der Waals surface area contributed by atoms with E-state index in [2.05, 4.69) is 195 Å². The first-order valence-electron chi connectivity index (χ1n) is 17.7. The lowest BCUT2D eigenvalue weighted by Gasteiger charge is -2.30. The number of benzene rings is 8. The Kier molecular flexibility index (Phi) is 6.78. The third-order valence-electron chi connectivity index (χ3n) is 10.9. The summed E-state index contributed by atoms with van der Waals surface area (Å²) in [6.45, 7) is 4.72. The molecule has 0 fully saturated rings. The Morgan fingerprint density at radius 3 is 1.92 bits per heavy atom. The van der Waals surface area contributed by atoms with E-state index in [-0.39, 0.29) is 5.41 Å². The second-order valence-corrected chi connectivity index (χ2v) is 15.2. The van der Waals surface area contributed by atoms with Gasteiger partial charge in [-0.2, -0.15) is 0 Å². The Balaban J connectivity index is 1.18. The van der Waals surface area contributed by atoms with E-state index < -0.39 is 0 Å². The largest absolute Gasteiger partial charge is 0.310 e. The zero-order valence-electron chi connectivity index (χ0n) is 28.6. The molecule has 0 N–H and O–H groups in total. The smallest absolute Gasteiger partial charge is 0.0540 e. The van der Waals surface area contributed by atoms with Crippen molar-refractivity contribution in [2.24, 2.45) is 0 Å². The Bertz CT molecular complexity index is 2780. The van der Waals surface area contributed by atoms with Crippen LogP contribution in [0.1, 0.15) is 25.0 Å². The van der Waals surface area contributed by atoms with Gasteiger partial charge in [-0.05, 0) is 80.6 Å². The number of para-hydroxylation sites is 1. The second-order valence-electron chi connectivity index (χ2n) is 14.1. The van der Waals surface area contributed by atoms with Gasteiger partial charge in [0, 0.05) is 48.1 Å². The van der Waals surface area contributed by atoms with Gasteiger partial charge in [-0.25, -0.2) is 0 Å². The summed E-state index contributed by atoms with van der Waals surface area (Å²) in [5.74, 6) is 0. The molecule has 0 saturated carbocycles. The molecule has 8 aromatic carbocycles. The summed E-state index contributed by atoms with van der Waals surface area (Å²) in [5, 5.41) is 5.16. The highest BCUT2D eigenvalue weighted by Crippen LogP contribution is 2.52. The lowest BCUT2D eigenvalue weighted by Crippen LogP contribution is -2.16. The normalized spacial score (nSPS) is 13.1. The van der Waals surface area contributed by atoms with Crippen LogP contribution in [0.3, 0.4) is 0 Å². The Hall–Kier alpha value is -5.96. The van der Waals surface area contributed by atoms with Gasteiger partial charge in [0.05, 0.1) is 5.69 Å². The molecule has 0 saturated heterocycles. The lowest BCUT2D eigenvalue weighted by molar-refractivity contribution is 0.660. The van der Waals surface area contributed by atoms with Crippen molar-refractivity contribution in [1.29, 1.82) is 0 Å². The summed E-state index contributed by atoms with van der Waals surface area (Å²) < 4.78 is 2.64. The fraction of sp³-hybridized carbons (Fsp3) is 0.0612. The Labute approximate surface area is 302 Å². The standard InChI is InChI=1S/C49H35NS/c1-49(2)44-22-8-5-16-38(44)39-30-29-35(31-45(39)49)50(34-27-25-33(26-28-34)37-19-11-14-32-13-3-4-15-36(32)37)46-23-9-6-17-40(46)42-20-12-21-43-41-18-7-10-24-47(41)51-48(42)43/h3-31H,1-2H3. The van der Waals surface area contributed by atoms with Crippen molar-refractivity contribution in [3.05, 3.63) is 187 Å². The van der Waals surface area contributed by atoms with Gasteiger partial charge in [0.2, 0.25) is 0 Å². The van der Waals surface area contributed by atoms with Crippen molar-refractivity contribution in [2.45, 2.75) is 19.3 Å². The summed E-state index contributed by atoms with van der Waals surface area (Å²) in [4.78, 5) is 2.47. The van der Waals surface area contributed by atoms with Gasteiger partial charge in [-0.15, -0.1) is 11.3 Å². The van der Waals surface area contributed by atoms with Crippen LogP contribution < -0.4 is 4.90 Å². The fourth-order valence-electron chi connectivity index (χ4n) is 8.38. The van der Waals surface area contributed by atoms with Crippen molar-refractivity contribution in [3.8, 4) is 33.4 Å². The number of anilines is 3. The molecule has 1 aliphatic rings. The third-order valence-corrected chi connectivity index (χ3v) is 12.1. The first-order chi connectivity index (χ1) is 25.1. The molecule has 10 rings (SSSR count). The summed E-state index contributed by atoms with van der Waals surface area (Å²) in [5.41, 5.74) is 13.7. The minimum absolute atomic E-state index is 0.103. The lowest BCUT2D eigenvalue weighted by atomic mass is 9.82. The summed E-state index contributed by atoms with van der Waals surface area (Å²) in [6.07, 6.45) is 0. The van der Waals surface area contributed by atoms with E-state index in [0.717, 1.165) is 17.1 Å². The van der Waals surface area contributed by atoms with Crippen LogP contribution >= 0.6 is 11.3 Å². The molecule has 51 heavy (non-hydrogen) atoms. The van der Waals surface area contributed by atoms with E-state index in [4.69, 9.17) is 0 Å². The SMILES string of the molecule is CC1(C)c2ccccc2-c2ccc(N(c3ccc(-c4cccc5ccccc45)cc3)c3ccccc3-c3cccc4c3sc3ccccc34)cc21. The zero-order chi connectivity index (χ0) is 34.1. The van der Waals surface area contributed by atoms with E-state index in [1.807, 2.05) is 11.3 Å². The Morgan fingerprint density at radius 2 is 1.04 bits per heavy atom. The maximum absolute atomic E-state index is 2.47. The fourth-order valence-corrected chi connectivity index (χ4v) is 9.61. The molecular weight excluding hydrogens is 635 g/mol. The molecule has 1 aliphatic carbocycles. The highest BCUT2D eigenvalue weighted by atomic mass is 32.1. The molecule has 242 valence electrons. The van der Waals surface area contributed by atoms with Gasteiger partial charge < -0.3 is 4.90 Å². The van der Waals surface area contributed by atoms with E-state index in [9.17, 15) is 0 Å². The molecule has 0 radical (unpaired) electrons. The van der Waals surface area contributed by atoms with Crippen LogP contribution in [0.25, 0.3) is 64.3 Å². The van der Waals surface area contributed by atoms with Crippen LogP contribution in [0.5, 0.6) is 0 Å². The van der Waals surface area contributed by atoms with Gasteiger partial charge in [-0.3, -0.25) is 0 Å². The maximum atomic E-state index is 2.47. The first-order valence-corrected chi connectivity index (χ1v) is 18.5. The minimum atomic E-state index is -0.103. The van der Waals surface area contributed by atoms with E-state index >= 15 is 0 Å². The van der Waals surface area contributed by atoms with Crippen LogP contribution in [-0.4, -0.2) is 0 Å². The number of nitrogens with zero attached hydrogens (tertiary/aromatic N) is 1. The zero-order valence-corrected chi connectivity index (χ0v) is 29.4. The molecule has 0 atom stereocenters. The highest BCUT2D eigenvalue weighted by molar-refractivity contribution is 7.26. The first kappa shape index (κ1) is 29.9. The van der Waals surface area contributed by atoms with Gasteiger partial charge in [-0.1, -0.05) is 153 Å². The third kappa shape index (κ3) is 4.67. The van der Waals surface area contributed by atoms with Crippen molar-refractivity contribution in [2.75, 3.05) is 4.90 Å². The van der Waals surface area contributed by atoms with Crippen molar-refractivity contribution < 1.29 is 0 Å². The summed E-state index contributed by atoms with van der Waals surface area (Å²) >= 11 is 1.89. The van der Waals surface area contributed by atoms with Gasteiger partial charge >= 0.3 is 0 Å². The quantitative estimate of drug-likeness (QED) is 0.176. The monoisotopic (exact) mass is 669 g/mol. The van der Waals surface area contributed by atoms with Gasteiger partial charge in [0.25, 0.3) is 0 Å². The van der Waals surface area contributed by atoms with Crippen molar-refractivity contribution in [3.63, 3.8) is 0 Å². The van der Waals surface area contributed by atoms with Gasteiger partial charge in [0.15, 0.2) is 0 Å². The van der Waals surface area contributed by atoms with E-state index in [0.29, 0.717) is 0 Å². The van der Waals surface area contributed by atoms with Crippen molar-refractivity contribution in [1.82, 2.24) is 0 Å². The predicted octanol–water partition coefficient (Wildman–Crippen LogP) is 14.3. The number of rotatable bonds is 5. The molecule has 0 amide bonds. The molecule has 1 heterocycles. The van der Waals surface area contributed by atoms with Crippen LogP contribution in [0.15, 0.2) is 176 Å². The average molecular weight is 670 g/mol. The minimum Gasteiger partial charge on any atom is -0.310 e. The maximum Gasteiger partial charge on any atom is 0.0540 e. The topological polar surface area (TPSA) is 3.24 Å². The second kappa shape index (κ2) is 11.6. The molecular formula is C49H35NS. The van der Waals surface area contributed by atoms with Crippen LogP contribution in [0.2, 0.25) is 0 Å². The summed E-state index contributed by atoms with van der Waals surface area (Å²) in [7, 11) is 0. The number of hydrogen-bond donors (Lipinski definition) is 0. The van der Waals surface area contributed by atoms with Crippen molar-refractivity contribution >= 4 is 59.3 Å². The number of hydrogen-bond acceptors (Lipinski definition) is 2. The average Bonchev–Trinajstić information content (AvgIpc) is 3.67. The van der Waals surface area contributed by atoms with Crippen LogP contribution in [0.4, 0.5) is 17.1 Å². The molecule has 0 bridgehead atoms. The molecule has 2 heteroatoms. The van der Waals surface area contributed by atoms with Crippen LogP contribution in [0, 0.1) is 0 Å². The molecule has 0 aliphatic heterocycles. The summed E-state index contributed by atoms with van der Waals surface area (Å²) in [6, 6.07) is 64.8. The van der Waals surface area contributed by atoms with E-state index in [1.165, 1.54) is 75.5 Å².